The average Bonchev–Trinajstić information content (AvgIpc) is 2.90. The third-order valence-electron chi connectivity index (χ3n) is 6.32. The minimum absolute atomic E-state index is 0.121. The zero-order valence-electron chi connectivity index (χ0n) is 21.4. The normalized spacial score (nSPS) is 12.3. The molecule has 0 aliphatic carbocycles. The summed E-state index contributed by atoms with van der Waals surface area (Å²) < 4.78 is 6.01. The van der Waals surface area contributed by atoms with Gasteiger partial charge in [0.2, 0.25) is 5.56 Å². The van der Waals surface area contributed by atoms with E-state index in [1.807, 2.05) is 54.6 Å². The van der Waals surface area contributed by atoms with E-state index >= 15 is 0 Å². The van der Waals surface area contributed by atoms with Crippen LogP contribution in [-0.2, 0) is 13.0 Å². The number of rotatable bonds is 10. The van der Waals surface area contributed by atoms with Crippen molar-refractivity contribution < 1.29 is 14.6 Å². The van der Waals surface area contributed by atoms with E-state index in [9.17, 15) is 14.7 Å². The number of fused-ring (bicyclic) bond motifs is 1. The van der Waals surface area contributed by atoms with Crippen LogP contribution in [0, 0.1) is 0 Å². The summed E-state index contributed by atoms with van der Waals surface area (Å²) in [6.07, 6.45) is -0.140. The number of carbonyl (C=O) groups is 1. The highest BCUT2D eigenvalue weighted by Crippen LogP contribution is 2.30. The number of ether oxygens (including phenoxy) is 1. The van der Waals surface area contributed by atoms with E-state index in [1.54, 1.807) is 25.2 Å². The third-order valence-corrected chi connectivity index (χ3v) is 6.32. The number of pyridine rings is 1. The van der Waals surface area contributed by atoms with E-state index in [4.69, 9.17) is 4.74 Å². The molecule has 3 aromatic carbocycles. The van der Waals surface area contributed by atoms with Crippen molar-refractivity contribution in [2.75, 3.05) is 13.6 Å². The largest absolute Gasteiger partial charge is 0.487 e. The molecule has 1 aromatic heterocycles. The molecule has 37 heavy (non-hydrogen) atoms. The van der Waals surface area contributed by atoms with Crippen LogP contribution < -0.4 is 20.9 Å². The molecule has 1 amide bonds. The smallest absolute Gasteiger partial charge is 0.251 e. The van der Waals surface area contributed by atoms with Crippen LogP contribution >= 0.6 is 0 Å². The minimum atomic E-state index is -0.812. The maximum atomic E-state index is 12.1. The summed E-state index contributed by atoms with van der Waals surface area (Å²) in [7, 11) is 1.61. The first-order valence-electron chi connectivity index (χ1n) is 12.3. The van der Waals surface area contributed by atoms with Gasteiger partial charge in [0, 0.05) is 36.1 Å². The van der Waals surface area contributed by atoms with Gasteiger partial charge in [0.15, 0.2) is 0 Å². The van der Waals surface area contributed by atoms with Crippen molar-refractivity contribution in [3.8, 4) is 5.75 Å². The zero-order chi connectivity index (χ0) is 26.4. The molecule has 7 heteroatoms. The summed E-state index contributed by atoms with van der Waals surface area (Å²) in [6.45, 7) is 4.79. The fourth-order valence-electron chi connectivity index (χ4n) is 4.42. The predicted octanol–water partition coefficient (Wildman–Crippen LogP) is 4.11. The summed E-state index contributed by atoms with van der Waals surface area (Å²) >= 11 is 0. The highest BCUT2D eigenvalue weighted by molar-refractivity contribution is 5.94. The van der Waals surface area contributed by atoms with Crippen molar-refractivity contribution in [3.63, 3.8) is 0 Å². The summed E-state index contributed by atoms with van der Waals surface area (Å²) in [5, 5.41) is 17.9. The van der Waals surface area contributed by atoms with Gasteiger partial charge < -0.3 is 25.5 Å². The molecule has 0 radical (unpaired) electrons. The van der Waals surface area contributed by atoms with Crippen LogP contribution in [0.1, 0.15) is 47.0 Å². The van der Waals surface area contributed by atoms with Crippen LogP contribution in [0.2, 0.25) is 0 Å². The Bertz CT molecular complexity index is 1430. The molecule has 192 valence electrons. The van der Waals surface area contributed by atoms with Gasteiger partial charge in [-0.2, -0.15) is 0 Å². The second-order valence-corrected chi connectivity index (χ2v) is 9.78. The molecule has 0 bridgehead atoms. The zero-order valence-corrected chi connectivity index (χ0v) is 21.4. The number of carbonyl (C=O) groups excluding carboxylic acids is 1. The number of aromatic nitrogens is 1. The van der Waals surface area contributed by atoms with Crippen LogP contribution in [0.25, 0.3) is 10.9 Å². The van der Waals surface area contributed by atoms with Gasteiger partial charge in [-0.25, -0.2) is 0 Å². The van der Waals surface area contributed by atoms with Crippen LogP contribution in [0.15, 0.2) is 83.7 Å². The van der Waals surface area contributed by atoms with Gasteiger partial charge in [0.1, 0.15) is 12.4 Å². The molecule has 4 rings (SSSR count). The molecule has 4 aromatic rings. The third kappa shape index (κ3) is 6.64. The molecule has 0 saturated heterocycles. The number of β-amino-alcohol motifs (C(OH)–C–C–N with tert-alkyl or cyclic N) is 1. The average molecular weight is 500 g/mol. The molecule has 0 aliphatic heterocycles. The van der Waals surface area contributed by atoms with Crippen molar-refractivity contribution in [3.05, 3.63) is 111 Å². The summed E-state index contributed by atoms with van der Waals surface area (Å²) in [4.78, 5) is 26.9. The van der Waals surface area contributed by atoms with Crippen molar-refractivity contribution in [1.29, 1.82) is 0 Å². The summed E-state index contributed by atoms with van der Waals surface area (Å²) in [6, 6.07) is 24.1. The number of H-pyrrole nitrogens is 1. The van der Waals surface area contributed by atoms with Gasteiger partial charge in [0.25, 0.3) is 5.91 Å². The number of aliphatic hydroxyl groups excluding tert-OH is 1. The molecule has 4 N–H and O–H groups in total. The Morgan fingerprint density at radius 3 is 2.51 bits per heavy atom. The molecule has 0 fully saturated rings. The monoisotopic (exact) mass is 499 g/mol. The van der Waals surface area contributed by atoms with Gasteiger partial charge in [-0.05, 0) is 61.2 Å². The maximum absolute atomic E-state index is 12.1. The van der Waals surface area contributed by atoms with E-state index in [0.717, 1.165) is 16.5 Å². The standard InChI is InChI=1S/C30H33N3O4/c1-30(2,17-21-10-7-11-22(16-21)29(36)31-3)32-18-25(34)23-12-14-26(28-24(23)13-15-27(35)33-28)37-19-20-8-5-4-6-9-20/h4-16,25,32,34H,17-19H2,1-3H3,(H,31,36)(H,33,35). The first-order chi connectivity index (χ1) is 17.8. The van der Waals surface area contributed by atoms with Crippen molar-refractivity contribution in [1.82, 2.24) is 15.6 Å². The quantitative estimate of drug-likeness (QED) is 0.263. The highest BCUT2D eigenvalue weighted by atomic mass is 16.5. The number of nitrogens with one attached hydrogen (secondary N) is 3. The van der Waals surface area contributed by atoms with E-state index < -0.39 is 6.10 Å². The topological polar surface area (TPSA) is 103 Å². The first-order valence-corrected chi connectivity index (χ1v) is 12.3. The lowest BCUT2D eigenvalue weighted by atomic mass is 9.93. The summed E-state index contributed by atoms with van der Waals surface area (Å²) in [5.74, 6) is 0.431. The number of aliphatic hydroxyl groups is 1. The summed E-state index contributed by atoms with van der Waals surface area (Å²) in [5.41, 5.74) is 3.34. The van der Waals surface area contributed by atoms with Crippen LogP contribution in [0.3, 0.4) is 0 Å². The first kappa shape index (κ1) is 26.1. The van der Waals surface area contributed by atoms with Crippen LogP contribution in [0.4, 0.5) is 0 Å². The van der Waals surface area contributed by atoms with Crippen molar-refractivity contribution in [2.45, 2.75) is 38.5 Å². The van der Waals surface area contributed by atoms with E-state index in [-0.39, 0.29) is 17.0 Å². The molecule has 1 unspecified atom stereocenters. The Balaban J connectivity index is 1.49. The molecule has 7 nitrogen and oxygen atoms in total. The number of benzene rings is 3. The van der Waals surface area contributed by atoms with Crippen LogP contribution in [0.5, 0.6) is 5.75 Å². The van der Waals surface area contributed by atoms with E-state index in [0.29, 0.717) is 42.0 Å². The molecular weight excluding hydrogens is 466 g/mol. The molecule has 1 heterocycles. The second-order valence-electron chi connectivity index (χ2n) is 9.78. The fourth-order valence-corrected chi connectivity index (χ4v) is 4.42. The van der Waals surface area contributed by atoms with Gasteiger partial charge in [0.05, 0.1) is 11.6 Å². The Labute approximate surface area is 216 Å². The molecule has 1 atom stereocenters. The molecule has 0 saturated carbocycles. The Kier molecular flexibility index (Phi) is 8.06. The van der Waals surface area contributed by atoms with E-state index in [1.165, 1.54) is 6.07 Å². The number of aromatic amines is 1. The Hall–Kier alpha value is -3.94. The molecular formula is C30H33N3O4. The van der Waals surface area contributed by atoms with Crippen molar-refractivity contribution in [2.24, 2.45) is 0 Å². The lowest BCUT2D eigenvalue weighted by Gasteiger charge is -2.28. The Morgan fingerprint density at radius 1 is 1.00 bits per heavy atom. The molecule has 0 aliphatic rings. The molecule has 0 spiro atoms. The highest BCUT2D eigenvalue weighted by Gasteiger charge is 2.22. The van der Waals surface area contributed by atoms with Crippen LogP contribution in [-0.4, -0.2) is 35.1 Å². The van der Waals surface area contributed by atoms with Gasteiger partial charge in [-0.1, -0.05) is 48.5 Å². The number of hydrogen-bond acceptors (Lipinski definition) is 5. The fraction of sp³-hybridized carbons (Fsp3) is 0.267. The van der Waals surface area contributed by atoms with Gasteiger partial charge in [-0.3, -0.25) is 9.59 Å². The maximum Gasteiger partial charge on any atom is 0.251 e. The number of hydrogen-bond donors (Lipinski definition) is 4. The van der Waals surface area contributed by atoms with E-state index in [2.05, 4.69) is 29.5 Å². The lowest BCUT2D eigenvalue weighted by Crippen LogP contribution is -2.43. The predicted molar refractivity (Wildman–Crippen MR) is 146 cm³/mol. The number of amides is 1. The lowest BCUT2D eigenvalue weighted by molar-refractivity contribution is 0.0963. The minimum Gasteiger partial charge on any atom is -0.487 e. The van der Waals surface area contributed by atoms with Gasteiger partial charge >= 0.3 is 0 Å². The Morgan fingerprint density at radius 2 is 1.76 bits per heavy atom. The van der Waals surface area contributed by atoms with Gasteiger partial charge in [-0.15, -0.1) is 0 Å². The van der Waals surface area contributed by atoms with Crippen molar-refractivity contribution >= 4 is 16.8 Å². The SMILES string of the molecule is CNC(=O)c1cccc(CC(C)(C)NCC(O)c2ccc(OCc3ccccc3)c3[nH]c(=O)ccc23)c1. The second kappa shape index (κ2) is 11.4.